The number of rotatable bonds is 4. The first kappa shape index (κ1) is 16.6. The van der Waals surface area contributed by atoms with Gasteiger partial charge in [0.2, 0.25) is 11.8 Å². The fourth-order valence-corrected chi connectivity index (χ4v) is 4.62. The number of carbonyl (C=O) groups is 4. The predicted octanol–water partition coefficient (Wildman–Crippen LogP) is -0.461. The Morgan fingerprint density at radius 3 is 2.74 bits per heavy atom. The quantitative estimate of drug-likeness (QED) is 0.621. The summed E-state index contributed by atoms with van der Waals surface area (Å²) in [4.78, 5) is 50.4. The molecule has 0 radical (unpaired) electrons. The van der Waals surface area contributed by atoms with Crippen LogP contribution in [-0.2, 0) is 16.1 Å². The van der Waals surface area contributed by atoms with Crippen LogP contribution in [0.15, 0.2) is 18.2 Å². The molecule has 3 aliphatic heterocycles. The summed E-state index contributed by atoms with van der Waals surface area (Å²) < 4.78 is 0. The molecule has 4 aliphatic rings. The number of nitrogens with zero attached hydrogens (tertiary/aromatic N) is 1. The highest BCUT2D eigenvalue weighted by Crippen LogP contribution is 2.46. The maximum atomic E-state index is 13.0. The van der Waals surface area contributed by atoms with E-state index in [0.717, 1.165) is 30.0 Å². The van der Waals surface area contributed by atoms with Gasteiger partial charge in [-0.2, -0.15) is 0 Å². The highest BCUT2D eigenvalue weighted by atomic mass is 16.2. The number of carbonyl (C=O) groups excluding carboxylic acids is 4. The third-order valence-electron chi connectivity index (χ3n) is 6.25. The van der Waals surface area contributed by atoms with Gasteiger partial charge in [0.25, 0.3) is 11.8 Å². The summed E-state index contributed by atoms with van der Waals surface area (Å²) in [5.41, 5.74) is 1.59. The summed E-state index contributed by atoms with van der Waals surface area (Å²) >= 11 is 0. The Morgan fingerprint density at radius 1 is 1.19 bits per heavy atom. The van der Waals surface area contributed by atoms with Crippen LogP contribution < -0.4 is 16.0 Å². The van der Waals surface area contributed by atoms with Crippen molar-refractivity contribution in [3.63, 3.8) is 0 Å². The maximum Gasteiger partial charge on any atom is 0.262 e. The highest BCUT2D eigenvalue weighted by Gasteiger charge is 2.56. The van der Waals surface area contributed by atoms with Crippen molar-refractivity contribution in [3.8, 4) is 0 Å². The highest BCUT2D eigenvalue weighted by molar-refractivity contribution is 6.24. The van der Waals surface area contributed by atoms with Gasteiger partial charge in [-0.05, 0) is 36.9 Å². The summed E-state index contributed by atoms with van der Waals surface area (Å²) in [6.45, 7) is 2.44. The van der Waals surface area contributed by atoms with Gasteiger partial charge in [0.05, 0.1) is 11.1 Å². The number of piperidine rings is 2. The minimum absolute atomic E-state index is 0.109. The van der Waals surface area contributed by atoms with Crippen LogP contribution in [0.25, 0.3) is 0 Å². The lowest BCUT2D eigenvalue weighted by Gasteiger charge is -2.27. The Bertz CT molecular complexity index is 898. The van der Waals surface area contributed by atoms with Crippen LogP contribution in [0.3, 0.4) is 0 Å². The summed E-state index contributed by atoms with van der Waals surface area (Å²) in [5, 5.41) is 9.13. The average molecular weight is 368 g/mol. The second-order valence-corrected chi connectivity index (χ2v) is 7.83. The minimum Gasteiger partial charge on any atom is -0.315 e. The van der Waals surface area contributed by atoms with Gasteiger partial charge < -0.3 is 10.6 Å². The molecule has 140 valence electrons. The van der Waals surface area contributed by atoms with Crippen molar-refractivity contribution in [2.24, 2.45) is 5.92 Å². The van der Waals surface area contributed by atoms with Crippen LogP contribution in [0, 0.1) is 5.92 Å². The van der Waals surface area contributed by atoms with Crippen molar-refractivity contribution in [1.29, 1.82) is 0 Å². The SMILES string of the molecule is O=C1CCC(N2C(=O)c3cccc(CN[C@]45CNC[C@H]4C5)c3C2=O)C(=O)N1. The Balaban J connectivity index is 1.41. The maximum absolute atomic E-state index is 13.0. The number of imide groups is 2. The molecule has 8 nitrogen and oxygen atoms in total. The van der Waals surface area contributed by atoms with E-state index >= 15 is 0 Å². The molecule has 8 heteroatoms. The average Bonchev–Trinajstić information content (AvgIpc) is 3.09. The monoisotopic (exact) mass is 368 g/mol. The Labute approximate surface area is 155 Å². The van der Waals surface area contributed by atoms with E-state index in [1.54, 1.807) is 12.1 Å². The summed E-state index contributed by atoms with van der Waals surface area (Å²) in [6.07, 6.45) is 1.42. The second kappa shape index (κ2) is 5.71. The molecule has 1 saturated carbocycles. The van der Waals surface area contributed by atoms with E-state index in [9.17, 15) is 19.2 Å². The van der Waals surface area contributed by atoms with Crippen LogP contribution in [0.2, 0.25) is 0 Å². The smallest absolute Gasteiger partial charge is 0.262 e. The fraction of sp³-hybridized carbons (Fsp3) is 0.474. The first-order valence-corrected chi connectivity index (χ1v) is 9.29. The predicted molar refractivity (Wildman–Crippen MR) is 93.7 cm³/mol. The molecule has 0 bridgehead atoms. The van der Waals surface area contributed by atoms with Crippen LogP contribution >= 0.6 is 0 Å². The molecular formula is C19H20N4O4. The Morgan fingerprint density at radius 2 is 2.04 bits per heavy atom. The lowest BCUT2D eigenvalue weighted by atomic mass is 10.0. The number of nitrogens with one attached hydrogen (secondary N) is 3. The number of fused-ring (bicyclic) bond motifs is 2. The third-order valence-corrected chi connectivity index (χ3v) is 6.25. The van der Waals surface area contributed by atoms with Gasteiger partial charge in [-0.1, -0.05) is 12.1 Å². The number of amides is 4. The van der Waals surface area contributed by atoms with Crippen molar-refractivity contribution in [2.75, 3.05) is 13.1 Å². The van der Waals surface area contributed by atoms with Gasteiger partial charge in [0.15, 0.2) is 0 Å². The second-order valence-electron chi connectivity index (χ2n) is 7.83. The molecule has 5 rings (SSSR count). The fourth-order valence-electron chi connectivity index (χ4n) is 4.62. The molecule has 3 fully saturated rings. The van der Waals surface area contributed by atoms with Gasteiger partial charge in [-0.25, -0.2) is 0 Å². The standard InChI is InChI=1S/C19H20N4O4/c24-14-5-4-13(16(25)22-14)23-17(26)12-3-1-2-10(15(12)18(23)27)7-21-19-6-11(19)8-20-9-19/h1-3,11,13,20-21H,4-9H2,(H,22,24,25)/t11-,13?,19-/m1/s1. The zero-order valence-corrected chi connectivity index (χ0v) is 14.7. The van der Waals surface area contributed by atoms with Crippen molar-refractivity contribution in [3.05, 3.63) is 34.9 Å². The van der Waals surface area contributed by atoms with Gasteiger partial charge in [-0.15, -0.1) is 0 Å². The largest absolute Gasteiger partial charge is 0.315 e. The minimum atomic E-state index is -0.929. The molecule has 3 N–H and O–H groups in total. The van der Waals surface area contributed by atoms with Crippen LogP contribution in [0.5, 0.6) is 0 Å². The first-order chi connectivity index (χ1) is 13.0. The molecule has 0 spiro atoms. The molecule has 1 aliphatic carbocycles. The lowest BCUT2D eigenvalue weighted by molar-refractivity contribution is -0.136. The topological polar surface area (TPSA) is 108 Å². The first-order valence-electron chi connectivity index (χ1n) is 9.29. The van der Waals surface area contributed by atoms with Crippen molar-refractivity contribution >= 4 is 23.6 Å². The molecule has 1 unspecified atom stereocenters. The van der Waals surface area contributed by atoms with Gasteiger partial charge in [0, 0.05) is 25.0 Å². The van der Waals surface area contributed by atoms with Crippen LogP contribution in [0.1, 0.15) is 45.5 Å². The molecule has 3 atom stereocenters. The van der Waals surface area contributed by atoms with Gasteiger partial charge >= 0.3 is 0 Å². The number of benzene rings is 1. The molecular weight excluding hydrogens is 348 g/mol. The zero-order chi connectivity index (χ0) is 18.8. The van der Waals surface area contributed by atoms with E-state index in [-0.39, 0.29) is 24.3 Å². The molecule has 4 amide bonds. The summed E-state index contributed by atoms with van der Waals surface area (Å²) in [5.74, 6) is -1.24. The van der Waals surface area contributed by atoms with Gasteiger partial charge in [0.1, 0.15) is 6.04 Å². The van der Waals surface area contributed by atoms with Gasteiger partial charge in [-0.3, -0.25) is 29.4 Å². The van der Waals surface area contributed by atoms with Crippen molar-refractivity contribution < 1.29 is 19.2 Å². The summed E-state index contributed by atoms with van der Waals surface area (Å²) in [7, 11) is 0. The Kier molecular flexibility index (Phi) is 3.50. The third kappa shape index (κ3) is 2.44. The van der Waals surface area contributed by atoms with E-state index < -0.39 is 23.8 Å². The summed E-state index contributed by atoms with van der Waals surface area (Å²) in [6, 6.07) is 4.31. The van der Waals surface area contributed by atoms with Crippen molar-refractivity contribution in [1.82, 2.24) is 20.9 Å². The normalized spacial score (nSPS) is 31.8. The number of hydrogen-bond donors (Lipinski definition) is 3. The number of hydrogen-bond acceptors (Lipinski definition) is 6. The molecule has 1 aromatic carbocycles. The molecule has 27 heavy (non-hydrogen) atoms. The van der Waals surface area contributed by atoms with Crippen LogP contribution in [-0.4, -0.2) is 53.2 Å². The van der Waals surface area contributed by atoms with E-state index in [4.69, 9.17) is 0 Å². The van der Waals surface area contributed by atoms with E-state index in [0.29, 0.717) is 23.6 Å². The van der Waals surface area contributed by atoms with Crippen molar-refractivity contribution in [2.45, 2.75) is 37.4 Å². The molecule has 0 aromatic heterocycles. The van der Waals surface area contributed by atoms with E-state index in [2.05, 4.69) is 16.0 Å². The molecule has 1 aromatic rings. The van der Waals surface area contributed by atoms with E-state index in [1.807, 2.05) is 6.07 Å². The van der Waals surface area contributed by atoms with E-state index in [1.165, 1.54) is 0 Å². The lowest BCUT2D eigenvalue weighted by Crippen LogP contribution is -2.54. The zero-order valence-electron chi connectivity index (χ0n) is 14.7. The molecule has 2 saturated heterocycles. The molecule has 3 heterocycles. The van der Waals surface area contributed by atoms with Crippen LogP contribution in [0.4, 0.5) is 0 Å². The Hall–Kier alpha value is -2.58.